The molecule has 0 nitrogen and oxygen atoms in total. The van der Waals surface area contributed by atoms with Crippen LogP contribution >= 0.6 is 0 Å². The molecule has 0 aliphatic rings. The maximum atomic E-state index is 0. The second-order valence-corrected chi connectivity index (χ2v) is 0. The smallest absolute Gasteiger partial charge is 2.00 e. The van der Waals surface area contributed by atoms with Crippen LogP contribution in [0.5, 0.6) is 0 Å². The predicted octanol–water partition coefficient (Wildman–Crippen LogP) is -0.0171. The van der Waals surface area contributed by atoms with Gasteiger partial charge in [0, 0.05) is 0 Å². The van der Waals surface area contributed by atoms with Crippen LogP contribution in [0.25, 0.3) is 0 Å². The summed E-state index contributed by atoms with van der Waals surface area (Å²) < 4.78 is 0. The van der Waals surface area contributed by atoms with Crippen LogP contribution in [0.3, 0.4) is 0 Å². The van der Waals surface area contributed by atoms with Crippen molar-refractivity contribution in [2.45, 2.75) is 0 Å². The molecule has 0 saturated carbocycles. The summed E-state index contributed by atoms with van der Waals surface area (Å²) in [5, 5.41) is 0. The van der Waals surface area contributed by atoms with Gasteiger partial charge in [0.05, 0.1) is 0 Å². The average Bonchev–Trinajstić information content (AvgIpc) is 0. The zero-order valence-electron chi connectivity index (χ0n) is 2.71. The molecule has 0 aliphatic heterocycles. The van der Waals surface area contributed by atoms with E-state index >= 15 is 0 Å². The first-order chi connectivity index (χ1) is 0. The first kappa shape index (κ1) is 79.8. The van der Waals surface area contributed by atoms with E-state index in [4.69, 9.17) is 0 Å². The Morgan fingerprint density at radius 3 is 0.429 bits per heavy atom. The molecule has 0 aromatic heterocycles. The fraction of sp³-hybridized carbons (Fsp3) is 0. The van der Waals surface area contributed by atoms with E-state index in [2.05, 4.69) is 0 Å². The quantitative estimate of drug-likeness (QED) is 0.341. The van der Waals surface area contributed by atoms with E-state index in [1.165, 1.54) is 0 Å². The van der Waals surface area contributed by atoms with E-state index in [0.717, 1.165) is 0 Å². The molecule has 0 rings (SSSR count). The van der Waals surface area contributed by atoms with E-state index in [9.17, 15) is 0 Å². The monoisotopic (exact) mass is 608 g/mol. The molecule has 0 radical (unpaired) electrons. The maximum Gasteiger partial charge on any atom is 3.00 e. The van der Waals surface area contributed by atoms with Gasteiger partial charge >= 0.3 is 61.3 Å². The standard InChI is InChI=1S/Pd.2Re.4S/q+2;2*+3;4*-2. The Morgan fingerprint density at radius 2 is 0.429 bits per heavy atom. The van der Waals surface area contributed by atoms with Crippen molar-refractivity contribution >= 4 is 54.0 Å². The van der Waals surface area contributed by atoms with Crippen LogP contribution in [0.1, 0.15) is 0 Å². The first-order valence-corrected chi connectivity index (χ1v) is 0. The van der Waals surface area contributed by atoms with Crippen LogP contribution in [0.4, 0.5) is 0 Å². The van der Waals surface area contributed by atoms with Crippen LogP contribution < -0.4 is 0 Å². The molecule has 7 heteroatoms. The van der Waals surface area contributed by atoms with Crippen molar-refractivity contribution < 1.29 is 61.3 Å². The molecule has 0 unspecified atom stereocenters. The minimum atomic E-state index is 0. The minimum Gasteiger partial charge on any atom is -2.00 e. The first-order valence-electron chi connectivity index (χ1n) is 0. The Labute approximate surface area is 113 Å². The number of hydrogen-bond acceptors (Lipinski definition) is 0. The largest absolute Gasteiger partial charge is 3.00 e. The van der Waals surface area contributed by atoms with E-state index < -0.39 is 0 Å². The molecule has 0 amide bonds. The molecule has 0 bridgehead atoms. The molecule has 0 aromatic rings. The van der Waals surface area contributed by atoms with Crippen molar-refractivity contribution in [2.75, 3.05) is 0 Å². The third-order valence-electron chi connectivity index (χ3n) is 0. The van der Waals surface area contributed by atoms with Crippen LogP contribution in [-0.2, 0) is 115 Å². The molecule has 0 spiro atoms. The third-order valence-corrected chi connectivity index (χ3v) is 0. The SMILES string of the molecule is [Pd+2].[Re+3].[Re+3].[S-2].[S-2].[S-2].[S-2]. The van der Waals surface area contributed by atoms with Gasteiger partial charge < -0.3 is 54.0 Å². The van der Waals surface area contributed by atoms with E-state index in [1.54, 1.807) is 0 Å². The maximum absolute atomic E-state index is 0. The van der Waals surface area contributed by atoms with Gasteiger partial charge in [0.25, 0.3) is 0 Å². The Kier molecular flexibility index (Phi) is 656. The molecular weight excluding hydrogens is 607 g/mol. The summed E-state index contributed by atoms with van der Waals surface area (Å²) in [6, 6.07) is 0. The fourth-order valence-electron chi connectivity index (χ4n) is 0. The Balaban J connectivity index is 0. The molecule has 0 saturated heterocycles. The van der Waals surface area contributed by atoms with Gasteiger partial charge in [-0.2, -0.15) is 0 Å². The predicted molar refractivity (Wildman–Crippen MR) is 29.5 cm³/mol. The van der Waals surface area contributed by atoms with Gasteiger partial charge in [0.15, 0.2) is 0 Å². The Bertz CT molecular complexity index is 9.65. The minimum absolute atomic E-state index is 0. The second-order valence-electron chi connectivity index (χ2n) is 0. The summed E-state index contributed by atoms with van der Waals surface area (Å²) in [7, 11) is 0. The molecule has 0 atom stereocenters. The van der Waals surface area contributed by atoms with Crippen molar-refractivity contribution in [3.05, 3.63) is 0 Å². The molecule has 48 valence electrons. The van der Waals surface area contributed by atoms with E-state index in [0.29, 0.717) is 0 Å². The molecule has 0 N–H and O–H groups in total. The molecule has 0 fully saturated rings. The van der Waals surface area contributed by atoms with Gasteiger partial charge in [-0.1, -0.05) is 0 Å². The van der Waals surface area contributed by atoms with Crippen molar-refractivity contribution in [1.29, 1.82) is 0 Å². The van der Waals surface area contributed by atoms with Gasteiger partial charge in [-0.3, -0.25) is 0 Å². The van der Waals surface area contributed by atoms with Crippen molar-refractivity contribution in [2.24, 2.45) is 0 Å². The zero-order valence-corrected chi connectivity index (χ0v) is 13.0. The van der Waals surface area contributed by atoms with E-state index in [1.807, 2.05) is 0 Å². The second kappa shape index (κ2) is 57.6. The van der Waals surface area contributed by atoms with Gasteiger partial charge in [-0.05, 0) is 0 Å². The van der Waals surface area contributed by atoms with Gasteiger partial charge in [0.2, 0.25) is 0 Å². The molecule has 7 heavy (non-hydrogen) atoms. The normalized spacial score (nSPS) is 0. The summed E-state index contributed by atoms with van der Waals surface area (Å²) in [4.78, 5) is 0. The topological polar surface area (TPSA) is 0 Å². The van der Waals surface area contributed by atoms with Crippen LogP contribution in [0, 0.1) is 0 Å². The van der Waals surface area contributed by atoms with Crippen molar-refractivity contribution in [1.82, 2.24) is 0 Å². The summed E-state index contributed by atoms with van der Waals surface area (Å²) >= 11 is 0. The Morgan fingerprint density at radius 1 is 0.429 bits per heavy atom. The molecule has 0 aromatic carbocycles. The fourth-order valence-corrected chi connectivity index (χ4v) is 0. The number of rotatable bonds is 0. The van der Waals surface area contributed by atoms with E-state index in [-0.39, 0.29) is 115 Å². The van der Waals surface area contributed by atoms with Gasteiger partial charge in [-0.15, -0.1) is 0 Å². The number of hydrogen-bond donors (Lipinski definition) is 0. The third kappa shape index (κ3) is 44.7. The zero-order chi connectivity index (χ0) is 0. The molecule has 0 aliphatic carbocycles. The van der Waals surface area contributed by atoms with Crippen LogP contribution in [0.15, 0.2) is 0 Å². The molecule has 0 heterocycles. The van der Waals surface area contributed by atoms with Crippen LogP contribution in [-0.4, -0.2) is 0 Å². The Hall–Kier alpha value is 3.39. The van der Waals surface area contributed by atoms with Gasteiger partial charge in [0.1, 0.15) is 0 Å². The van der Waals surface area contributed by atoms with Gasteiger partial charge in [-0.25, -0.2) is 0 Å². The van der Waals surface area contributed by atoms with Crippen LogP contribution in [0.2, 0.25) is 0 Å². The van der Waals surface area contributed by atoms with Crippen molar-refractivity contribution in [3.63, 3.8) is 0 Å². The molecular formula is PdRe2S4. The summed E-state index contributed by atoms with van der Waals surface area (Å²) in [6.07, 6.45) is 0. The summed E-state index contributed by atoms with van der Waals surface area (Å²) in [5.74, 6) is 0. The van der Waals surface area contributed by atoms with Crippen molar-refractivity contribution in [3.8, 4) is 0 Å². The summed E-state index contributed by atoms with van der Waals surface area (Å²) in [6.45, 7) is 0. The average molecular weight is 607 g/mol. The summed E-state index contributed by atoms with van der Waals surface area (Å²) in [5.41, 5.74) is 0.